The number of anilines is 1. The molecule has 11 heteroatoms. The predicted octanol–water partition coefficient (Wildman–Crippen LogP) is 5.78. The van der Waals surface area contributed by atoms with Crippen molar-refractivity contribution in [3.8, 4) is 0 Å². The largest absolute Gasteiger partial charge is 0.444 e. The topological polar surface area (TPSA) is 106 Å². The van der Waals surface area contributed by atoms with Gasteiger partial charge in [0.1, 0.15) is 17.3 Å². The zero-order valence-corrected chi connectivity index (χ0v) is 22.0. The number of hydrogen-bond acceptors (Lipinski definition) is 5. The van der Waals surface area contributed by atoms with Crippen molar-refractivity contribution in [2.75, 3.05) is 5.32 Å². The quantitative estimate of drug-likeness (QED) is 0.268. The van der Waals surface area contributed by atoms with Crippen molar-refractivity contribution >= 4 is 56.4 Å². The molecule has 0 aliphatic heterocycles. The number of hydrogen-bond donors (Lipinski definition) is 3. The Labute approximate surface area is 216 Å². The highest BCUT2D eigenvalue weighted by molar-refractivity contribution is 9.10. The zero-order chi connectivity index (χ0) is 25.3. The molecule has 0 bridgehead atoms. The Balaban J connectivity index is 1.60. The lowest BCUT2D eigenvalue weighted by Gasteiger charge is -2.22. The highest BCUT2D eigenvalue weighted by Gasteiger charge is 2.29. The number of alkyl carbamates (subject to hydrolysis) is 1. The van der Waals surface area contributed by atoms with Crippen LogP contribution in [0.25, 0.3) is 5.52 Å². The van der Waals surface area contributed by atoms with E-state index in [1.807, 2.05) is 33.0 Å². The van der Waals surface area contributed by atoms with Crippen LogP contribution in [0.2, 0.25) is 5.02 Å². The van der Waals surface area contributed by atoms with Gasteiger partial charge in [0.25, 0.3) is 0 Å². The SMILES string of the molecule is CC(C)(C)OC(=O)NC1CCC(Nc2c(C(N)=Nc3cc(F)ccc3Cl)cnn3cc(Br)cc23)C1. The summed E-state index contributed by atoms with van der Waals surface area (Å²) >= 11 is 9.68. The maximum Gasteiger partial charge on any atom is 0.407 e. The molecule has 2 aromatic heterocycles. The lowest BCUT2D eigenvalue weighted by Crippen LogP contribution is -2.38. The number of nitrogens with two attached hydrogens (primary N) is 1. The number of carbonyl (C=O) groups is 1. The molecule has 4 N–H and O–H groups in total. The molecule has 1 aliphatic rings. The normalized spacial score (nSPS) is 18.6. The Morgan fingerprint density at radius 1 is 1.31 bits per heavy atom. The molecular formula is C24H27BrClFN6O2. The zero-order valence-electron chi connectivity index (χ0n) is 19.6. The first kappa shape index (κ1) is 25.2. The van der Waals surface area contributed by atoms with Crippen LogP contribution >= 0.6 is 27.5 Å². The van der Waals surface area contributed by atoms with Crippen LogP contribution in [0.3, 0.4) is 0 Å². The molecule has 0 radical (unpaired) electrons. The van der Waals surface area contributed by atoms with Gasteiger partial charge < -0.3 is 21.1 Å². The van der Waals surface area contributed by atoms with Gasteiger partial charge in [0.2, 0.25) is 0 Å². The Hall–Kier alpha value is -2.85. The highest BCUT2D eigenvalue weighted by Crippen LogP contribution is 2.32. The highest BCUT2D eigenvalue weighted by atomic mass is 79.9. The molecule has 0 spiro atoms. The van der Waals surface area contributed by atoms with E-state index in [0.29, 0.717) is 12.0 Å². The number of benzene rings is 1. The first-order valence-electron chi connectivity index (χ1n) is 11.2. The molecule has 0 saturated heterocycles. The minimum Gasteiger partial charge on any atom is -0.444 e. The van der Waals surface area contributed by atoms with Crippen LogP contribution in [0.4, 0.5) is 20.6 Å². The van der Waals surface area contributed by atoms with Crippen LogP contribution in [-0.4, -0.2) is 39.2 Å². The summed E-state index contributed by atoms with van der Waals surface area (Å²) in [6.45, 7) is 5.50. The maximum absolute atomic E-state index is 13.7. The second-order valence-electron chi connectivity index (χ2n) is 9.51. The fraction of sp³-hybridized carbons (Fsp3) is 0.375. The molecule has 4 rings (SSSR count). The Kier molecular flexibility index (Phi) is 7.23. The summed E-state index contributed by atoms with van der Waals surface area (Å²) in [6, 6.07) is 5.90. The van der Waals surface area contributed by atoms with E-state index in [9.17, 15) is 9.18 Å². The number of nitrogens with zero attached hydrogens (tertiary/aromatic N) is 3. The lowest BCUT2D eigenvalue weighted by atomic mass is 10.1. The molecule has 3 aromatic rings. The molecule has 1 fully saturated rings. The minimum atomic E-state index is -0.554. The van der Waals surface area contributed by atoms with E-state index in [0.717, 1.165) is 28.5 Å². The molecule has 8 nitrogen and oxygen atoms in total. The fourth-order valence-corrected chi connectivity index (χ4v) is 4.63. The molecule has 2 atom stereocenters. The van der Waals surface area contributed by atoms with Crippen molar-refractivity contribution in [2.45, 2.75) is 57.7 Å². The number of nitrogens with one attached hydrogen (secondary N) is 2. The standard InChI is InChI=1S/C24H27BrClFN6O2/c1-24(2,3)35-23(34)31-16-6-5-15(10-16)30-21-17(11-29-33-12-13(25)8-20(21)33)22(28)32-19-9-14(27)4-7-18(19)26/h4,7-9,11-12,15-16,30H,5-6,10H2,1-3H3,(H2,28,32)(H,31,34). The van der Waals surface area contributed by atoms with Gasteiger partial charge in [-0.15, -0.1) is 0 Å². The molecule has 186 valence electrons. The van der Waals surface area contributed by atoms with Gasteiger partial charge in [-0.1, -0.05) is 11.6 Å². The first-order chi connectivity index (χ1) is 16.5. The van der Waals surface area contributed by atoms with Crippen molar-refractivity contribution in [1.29, 1.82) is 0 Å². The number of amidine groups is 1. The lowest BCUT2D eigenvalue weighted by molar-refractivity contribution is 0.0505. The van der Waals surface area contributed by atoms with Gasteiger partial charge in [0.05, 0.1) is 33.7 Å². The summed E-state index contributed by atoms with van der Waals surface area (Å²) in [7, 11) is 0. The van der Waals surface area contributed by atoms with E-state index in [-0.39, 0.29) is 28.6 Å². The van der Waals surface area contributed by atoms with E-state index in [2.05, 4.69) is 36.7 Å². The third kappa shape index (κ3) is 6.24. The molecular weight excluding hydrogens is 539 g/mol. The van der Waals surface area contributed by atoms with E-state index in [1.165, 1.54) is 18.2 Å². The summed E-state index contributed by atoms with van der Waals surface area (Å²) < 4.78 is 21.7. The average molecular weight is 566 g/mol. The summed E-state index contributed by atoms with van der Waals surface area (Å²) in [6.07, 6.45) is 5.38. The Bertz CT molecular complexity index is 1290. The third-order valence-electron chi connectivity index (χ3n) is 5.53. The number of fused-ring (bicyclic) bond motifs is 1. The third-order valence-corrected chi connectivity index (χ3v) is 6.28. The average Bonchev–Trinajstić information content (AvgIpc) is 3.34. The molecule has 1 saturated carbocycles. The summed E-state index contributed by atoms with van der Waals surface area (Å²) in [5.41, 5.74) is 8.14. The van der Waals surface area contributed by atoms with Crippen LogP contribution < -0.4 is 16.4 Å². The summed E-state index contributed by atoms with van der Waals surface area (Å²) in [4.78, 5) is 16.6. The van der Waals surface area contributed by atoms with Crippen molar-refractivity contribution in [3.05, 3.63) is 57.5 Å². The van der Waals surface area contributed by atoms with Crippen molar-refractivity contribution in [3.63, 3.8) is 0 Å². The van der Waals surface area contributed by atoms with E-state index in [1.54, 1.807) is 10.7 Å². The van der Waals surface area contributed by atoms with Gasteiger partial charge in [-0.05, 0) is 74.2 Å². The number of rotatable bonds is 5. The number of amides is 1. The minimum absolute atomic E-state index is 0.0145. The fourth-order valence-electron chi connectivity index (χ4n) is 4.05. The van der Waals surface area contributed by atoms with E-state index < -0.39 is 17.5 Å². The van der Waals surface area contributed by atoms with Gasteiger partial charge in [-0.25, -0.2) is 18.7 Å². The molecule has 2 heterocycles. The van der Waals surface area contributed by atoms with Crippen LogP contribution in [-0.2, 0) is 4.74 Å². The van der Waals surface area contributed by atoms with Crippen molar-refractivity contribution < 1.29 is 13.9 Å². The van der Waals surface area contributed by atoms with Gasteiger partial charge in [-0.3, -0.25) is 0 Å². The number of aliphatic imine (C=N–C) groups is 1. The van der Waals surface area contributed by atoms with E-state index >= 15 is 0 Å². The van der Waals surface area contributed by atoms with Crippen LogP contribution in [0, 0.1) is 5.82 Å². The number of ether oxygens (including phenoxy) is 1. The molecule has 1 amide bonds. The van der Waals surface area contributed by atoms with Crippen LogP contribution in [0.1, 0.15) is 45.6 Å². The molecule has 1 aromatic carbocycles. The molecule has 35 heavy (non-hydrogen) atoms. The number of carbonyl (C=O) groups excluding carboxylic acids is 1. The van der Waals surface area contributed by atoms with Crippen molar-refractivity contribution in [1.82, 2.24) is 14.9 Å². The second kappa shape index (κ2) is 10.0. The van der Waals surface area contributed by atoms with Crippen LogP contribution in [0.15, 0.2) is 46.1 Å². The molecule has 1 aliphatic carbocycles. The number of halogens is 3. The second-order valence-corrected chi connectivity index (χ2v) is 10.8. The van der Waals surface area contributed by atoms with Crippen LogP contribution in [0.5, 0.6) is 0 Å². The maximum atomic E-state index is 13.7. The summed E-state index contributed by atoms with van der Waals surface area (Å²) in [5.74, 6) is -0.313. The smallest absolute Gasteiger partial charge is 0.407 e. The van der Waals surface area contributed by atoms with Crippen molar-refractivity contribution in [2.24, 2.45) is 10.7 Å². The van der Waals surface area contributed by atoms with Gasteiger partial charge in [-0.2, -0.15) is 5.10 Å². The number of aromatic nitrogens is 2. The first-order valence-corrected chi connectivity index (χ1v) is 12.4. The monoisotopic (exact) mass is 564 g/mol. The summed E-state index contributed by atoms with van der Waals surface area (Å²) in [5, 5.41) is 11.2. The Morgan fingerprint density at radius 3 is 2.80 bits per heavy atom. The molecule has 2 unspecified atom stereocenters. The van der Waals surface area contributed by atoms with Gasteiger partial charge >= 0.3 is 6.09 Å². The van der Waals surface area contributed by atoms with Gasteiger partial charge in [0.15, 0.2) is 0 Å². The van der Waals surface area contributed by atoms with Gasteiger partial charge in [0, 0.05) is 28.8 Å². The Morgan fingerprint density at radius 2 is 2.06 bits per heavy atom. The predicted molar refractivity (Wildman–Crippen MR) is 139 cm³/mol. The van der Waals surface area contributed by atoms with E-state index in [4.69, 9.17) is 22.1 Å².